The standard InChI is InChI=1S/C26H17F6NO2/c1-33-15-21(20-4-2-3-5-22(20)33)24(34)35-23(17-8-12-19(13-9-17)26(30,31)32)14-16-6-10-18(11-7-16)25(27,28)29/h2-15H,1H3/b23-14-. The van der Waals surface area contributed by atoms with E-state index in [-0.39, 0.29) is 22.4 Å². The first-order chi connectivity index (χ1) is 16.4. The van der Waals surface area contributed by atoms with E-state index in [1.54, 1.807) is 42.1 Å². The molecule has 0 fully saturated rings. The number of esters is 1. The molecule has 4 rings (SSSR count). The lowest BCUT2D eigenvalue weighted by Crippen LogP contribution is -2.07. The van der Waals surface area contributed by atoms with Gasteiger partial charge < -0.3 is 9.30 Å². The number of ether oxygens (including phenoxy) is 1. The number of fused-ring (bicyclic) bond motifs is 1. The molecule has 1 heterocycles. The van der Waals surface area contributed by atoms with E-state index < -0.39 is 29.4 Å². The highest BCUT2D eigenvalue weighted by Gasteiger charge is 2.31. The van der Waals surface area contributed by atoms with Crippen molar-refractivity contribution < 1.29 is 35.9 Å². The van der Waals surface area contributed by atoms with Crippen molar-refractivity contribution in [3.63, 3.8) is 0 Å². The van der Waals surface area contributed by atoms with Crippen LogP contribution in [0, 0.1) is 0 Å². The number of alkyl halides is 6. The Morgan fingerprint density at radius 2 is 1.34 bits per heavy atom. The maximum atomic E-state index is 13.1. The molecular weight excluding hydrogens is 472 g/mol. The molecule has 180 valence electrons. The van der Waals surface area contributed by atoms with E-state index in [0.29, 0.717) is 5.39 Å². The summed E-state index contributed by atoms with van der Waals surface area (Å²) >= 11 is 0. The van der Waals surface area contributed by atoms with E-state index in [1.165, 1.54) is 18.2 Å². The summed E-state index contributed by atoms with van der Waals surface area (Å²) in [5.74, 6) is -0.878. The van der Waals surface area contributed by atoms with Gasteiger partial charge >= 0.3 is 18.3 Å². The number of hydrogen-bond donors (Lipinski definition) is 0. The van der Waals surface area contributed by atoms with Crippen LogP contribution in [-0.2, 0) is 24.1 Å². The lowest BCUT2D eigenvalue weighted by atomic mass is 10.1. The third-order valence-corrected chi connectivity index (χ3v) is 5.35. The molecule has 3 aromatic carbocycles. The van der Waals surface area contributed by atoms with Gasteiger partial charge in [0.2, 0.25) is 0 Å². The fraction of sp³-hybridized carbons (Fsp3) is 0.115. The van der Waals surface area contributed by atoms with E-state index in [1.807, 2.05) is 0 Å². The Morgan fingerprint density at radius 3 is 1.91 bits per heavy atom. The fourth-order valence-corrected chi connectivity index (χ4v) is 3.57. The van der Waals surface area contributed by atoms with Gasteiger partial charge in [0.15, 0.2) is 0 Å². The summed E-state index contributed by atoms with van der Waals surface area (Å²) in [6.07, 6.45) is -6.23. The third-order valence-electron chi connectivity index (χ3n) is 5.35. The first kappa shape index (κ1) is 24.1. The molecule has 1 aromatic heterocycles. The Labute approximate surface area is 195 Å². The highest BCUT2D eigenvalue weighted by molar-refractivity contribution is 6.06. The number of carbonyl (C=O) groups excluding carboxylic acids is 1. The van der Waals surface area contributed by atoms with Gasteiger partial charge in [0.25, 0.3) is 0 Å². The van der Waals surface area contributed by atoms with Crippen molar-refractivity contribution in [1.29, 1.82) is 0 Å². The fourth-order valence-electron chi connectivity index (χ4n) is 3.57. The Hall–Kier alpha value is -4.01. The molecular formula is C26H17F6NO2. The first-order valence-corrected chi connectivity index (χ1v) is 10.3. The summed E-state index contributed by atoms with van der Waals surface area (Å²) in [6.45, 7) is 0. The van der Waals surface area contributed by atoms with Crippen molar-refractivity contribution in [2.75, 3.05) is 0 Å². The van der Waals surface area contributed by atoms with Gasteiger partial charge in [0, 0.05) is 29.7 Å². The monoisotopic (exact) mass is 489 g/mol. The van der Waals surface area contributed by atoms with Crippen molar-refractivity contribution in [3.8, 4) is 0 Å². The molecule has 4 aromatic rings. The number of halogens is 6. The van der Waals surface area contributed by atoms with Gasteiger partial charge in [0.05, 0.1) is 16.7 Å². The molecule has 0 radical (unpaired) electrons. The number of aryl methyl sites for hydroxylation is 1. The minimum Gasteiger partial charge on any atom is -0.422 e. The number of carbonyl (C=O) groups is 1. The highest BCUT2D eigenvalue weighted by atomic mass is 19.4. The number of hydrogen-bond acceptors (Lipinski definition) is 2. The molecule has 0 bridgehead atoms. The van der Waals surface area contributed by atoms with Gasteiger partial charge in [-0.1, -0.05) is 42.5 Å². The van der Waals surface area contributed by atoms with Crippen LogP contribution in [0.4, 0.5) is 26.3 Å². The minimum absolute atomic E-state index is 0.114. The van der Waals surface area contributed by atoms with Crippen LogP contribution in [0.1, 0.15) is 32.6 Å². The zero-order valence-electron chi connectivity index (χ0n) is 18.1. The quantitative estimate of drug-likeness (QED) is 0.128. The number of rotatable bonds is 4. The molecule has 0 saturated heterocycles. The van der Waals surface area contributed by atoms with Gasteiger partial charge in [-0.2, -0.15) is 26.3 Å². The lowest BCUT2D eigenvalue weighted by Gasteiger charge is -2.12. The van der Waals surface area contributed by atoms with Crippen LogP contribution in [0.3, 0.4) is 0 Å². The van der Waals surface area contributed by atoms with Crippen molar-refractivity contribution in [3.05, 3.63) is 107 Å². The minimum atomic E-state index is -4.56. The van der Waals surface area contributed by atoms with Gasteiger partial charge in [0.1, 0.15) is 5.76 Å². The van der Waals surface area contributed by atoms with Gasteiger partial charge in [-0.05, 0) is 42.0 Å². The van der Waals surface area contributed by atoms with E-state index in [9.17, 15) is 31.1 Å². The van der Waals surface area contributed by atoms with Crippen molar-refractivity contribution in [2.24, 2.45) is 7.05 Å². The highest BCUT2D eigenvalue weighted by Crippen LogP contribution is 2.32. The summed E-state index contributed by atoms with van der Waals surface area (Å²) < 4.78 is 84.9. The zero-order valence-corrected chi connectivity index (χ0v) is 18.1. The van der Waals surface area contributed by atoms with Crippen LogP contribution in [0.2, 0.25) is 0 Å². The molecule has 0 aliphatic rings. The normalized spacial score (nSPS) is 12.7. The molecule has 0 aliphatic carbocycles. The Morgan fingerprint density at radius 1 is 0.800 bits per heavy atom. The molecule has 0 atom stereocenters. The van der Waals surface area contributed by atoms with Crippen LogP contribution in [-0.4, -0.2) is 10.5 Å². The number of nitrogens with zero attached hydrogens (tertiary/aromatic N) is 1. The van der Waals surface area contributed by atoms with Crippen molar-refractivity contribution in [2.45, 2.75) is 12.4 Å². The average Bonchev–Trinajstić information content (AvgIpc) is 3.15. The van der Waals surface area contributed by atoms with E-state index in [2.05, 4.69) is 0 Å². The third kappa shape index (κ3) is 5.24. The summed E-state index contributed by atoms with van der Waals surface area (Å²) in [6, 6.07) is 15.1. The molecule has 9 heteroatoms. The summed E-state index contributed by atoms with van der Waals surface area (Å²) in [5.41, 5.74) is -0.352. The van der Waals surface area contributed by atoms with Gasteiger partial charge in [-0.15, -0.1) is 0 Å². The van der Waals surface area contributed by atoms with Crippen LogP contribution in [0.25, 0.3) is 22.7 Å². The van der Waals surface area contributed by atoms with Crippen LogP contribution < -0.4 is 0 Å². The van der Waals surface area contributed by atoms with Crippen LogP contribution >= 0.6 is 0 Å². The Balaban J connectivity index is 1.73. The molecule has 3 nitrogen and oxygen atoms in total. The predicted molar refractivity (Wildman–Crippen MR) is 119 cm³/mol. The van der Waals surface area contributed by atoms with E-state index in [0.717, 1.165) is 41.9 Å². The molecule has 0 spiro atoms. The average molecular weight is 489 g/mol. The molecule has 0 N–H and O–H groups in total. The van der Waals surface area contributed by atoms with E-state index in [4.69, 9.17) is 4.74 Å². The summed E-state index contributed by atoms with van der Waals surface area (Å²) in [5, 5.41) is 0.612. The van der Waals surface area contributed by atoms with Gasteiger partial charge in [-0.25, -0.2) is 4.79 Å². The summed E-state index contributed by atoms with van der Waals surface area (Å²) in [7, 11) is 1.74. The van der Waals surface area contributed by atoms with Crippen molar-refractivity contribution >= 4 is 28.7 Å². The van der Waals surface area contributed by atoms with Crippen LogP contribution in [0.5, 0.6) is 0 Å². The number of aromatic nitrogens is 1. The SMILES string of the molecule is Cn1cc(C(=O)O/C(=C\c2ccc(C(F)(F)F)cc2)c2ccc(C(F)(F)F)cc2)c2ccccc21. The van der Waals surface area contributed by atoms with Crippen LogP contribution in [0.15, 0.2) is 79.0 Å². The predicted octanol–water partition coefficient (Wildman–Crippen LogP) is 7.57. The largest absolute Gasteiger partial charge is 0.422 e. The Bertz CT molecular complexity index is 1400. The van der Waals surface area contributed by atoms with Crippen molar-refractivity contribution in [1.82, 2.24) is 4.57 Å². The second-order valence-corrected chi connectivity index (χ2v) is 7.76. The topological polar surface area (TPSA) is 31.2 Å². The second kappa shape index (κ2) is 8.98. The zero-order chi connectivity index (χ0) is 25.4. The number of para-hydroxylation sites is 1. The molecule has 0 unspecified atom stereocenters. The number of benzene rings is 3. The Kier molecular flexibility index (Phi) is 6.19. The smallest absolute Gasteiger partial charge is 0.416 e. The summed E-state index contributed by atoms with van der Waals surface area (Å²) in [4.78, 5) is 13.1. The van der Waals surface area contributed by atoms with E-state index >= 15 is 0 Å². The molecule has 0 saturated carbocycles. The maximum absolute atomic E-state index is 13.1. The maximum Gasteiger partial charge on any atom is 0.416 e. The molecule has 0 aliphatic heterocycles. The molecule has 35 heavy (non-hydrogen) atoms. The second-order valence-electron chi connectivity index (χ2n) is 7.76. The lowest BCUT2D eigenvalue weighted by molar-refractivity contribution is -0.138. The van der Waals surface area contributed by atoms with Gasteiger partial charge in [-0.3, -0.25) is 0 Å². The molecule has 0 amide bonds. The first-order valence-electron chi connectivity index (χ1n) is 10.3.